The number of anilines is 2. The Labute approximate surface area is 137 Å². The zero-order valence-electron chi connectivity index (χ0n) is 10.7. The minimum Gasteiger partial charge on any atom is -0.451 e. The number of benzene rings is 2. The Balaban J connectivity index is 1.93. The molecule has 0 unspecified atom stereocenters. The molecule has 0 fully saturated rings. The molecule has 3 aromatic rings. The summed E-state index contributed by atoms with van der Waals surface area (Å²) in [5.74, 6) is -0.0656. The van der Waals surface area contributed by atoms with Gasteiger partial charge >= 0.3 is 0 Å². The molecular weight excluding hydrogens is 400 g/mol. The fourth-order valence-electron chi connectivity index (χ4n) is 1.98. The first kappa shape index (κ1) is 14.2. The van der Waals surface area contributed by atoms with Crippen LogP contribution in [0.5, 0.6) is 0 Å². The number of nitrogen functional groups attached to an aromatic ring is 1. The average molecular weight is 410 g/mol. The predicted octanol–water partition coefficient (Wildman–Crippen LogP) is 4.79. The fourth-order valence-corrected chi connectivity index (χ4v) is 3.40. The van der Waals surface area contributed by atoms with Crippen molar-refractivity contribution in [2.24, 2.45) is 0 Å². The van der Waals surface area contributed by atoms with E-state index in [9.17, 15) is 4.79 Å². The summed E-state index contributed by atoms with van der Waals surface area (Å²) in [7, 11) is 0. The molecule has 0 radical (unpaired) electrons. The van der Waals surface area contributed by atoms with Gasteiger partial charge in [-0.1, -0.05) is 18.2 Å². The molecule has 1 heterocycles. The number of para-hydroxylation sites is 1. The molecular formula is C15H10Br2N2O2. The predicted molar refractivity (Wildman–Crippen MR) is 90.4 cm³/mol. The molecule has 4 nitrogen and oxygen atoms in total. The van der Waals surface area contributed by atoms with Gasteiger partial charge in [-0.3, -0.25) is 4.79 Å². The van der Waals surface area contributed by atoms with Crippen molar-refractivity contribution >= 4 is 60.1 Å². The number of halogens is 2. The molecule has 0 saturated carbocycles. The number of fused-ring (bicyclic) bond motifs is 1. The molecule has 0 spiro atoms. The van der Waals surface area contributed by atoms with E-state index in [0.29, 0.717) is 25.9 Å². The van der Waals surface area contributed by atoms with Crippen molar-refractivity contribution in [1.82, 2.24) is 0 Å². The highest BCUT2D eigenvalue weighted by Gasteiger charge is 2.15. The molecule has 0 aliphatic rings. The molecule has 3 rings (SSSR count). The Bertz CT molecular complexity index is 787. The van der Waals surface area contributed by atoms with E-state index in [1.807, 2.05) is 24.3 Å². The van der Waals surface area contributed by atoms with Crippen LogP contribution in [-0.2, 0) is 0 Å². The third-order valence-corrected chi connectivity index (χ3v) is 4.20. The third-order valence-electron chi connectivity index (χ3n) is 2.95. The van der Waals surface area contributed by atoms with Crippen LogP contribution in [0, 0.1) is 0 Å². The molecule has 3 N–H and O–H groups in total. The molecule has 1 amide bonds. The molecule has 2 aromatic carbocycles. The number of hydrogen-bond donors (Lipinski definition) is 2. The van der Waals surface area contributed by atoms with Crippen LogP contribution in [0.3, 0.4) is 0 Å². The van der Waals surface area contributed by atoms with Crippen molar-refractivity contribution in [2.45, 2.75) is 0 Å². The number of hydrogen-bond acceptors (Lipinski definition) is 3. The van der Waals surface area contributed by atoms with Crippen molar-refractivity contribution in [1.29, 1.82) is 0 Å². The number of rotatable bonds is 2. The van der Waals surface area contributed by atoms with Gasteiger partial charge in [-0.15, -0.1) is 0 Å². The van der Waals surface area contributed by atoms with E-state index < -0.39 is 0 Å². The number of furan rings is 1. The number of amides is 1. The second-order valence-electron chi connectivity index (χ2n) is 4.46. The van der Waals surface area contributed by atoms with Crippen LogP contribution >= 0.6 is 31.9 Å². The van der Waals surface area contributed by atoms with Gasteiger partial charge in [0.25, 0.3) is 5.91 Å². The minimum atomic E-state index is -0.322. The van der Waals surface area contributed by atoms with Gasteiger partial charge in [0.1, 0.15) is 5.58 Å². The maximum Gasteiger partial charge on any atom is 0.291 e. The summed E-state index contributed by atoms with van der Waals surface area (Å²) >= 11 is 6.76. The van der Waals surface area contributed by atoms with Crippen LogP contribution in [0.1, 0.15) is 10.6 Å². The van der Waals surface area contributed by atoms with E-state index in [1.54, 1.807) is 18.2 Å². The van der Waals surface area contributed by atoms with Gasteiger partial charge in [0.2, 0.25) is 0 Å². The van der Waals surface area contributed by atoms with E-state index >= 15 is 0 Å². The van der Waals surface area contributed by atoms with Gasteiger partial charge in [-0.2, -0.15) is 0 Å². The first-order valence-corrected chi connectivity index (χ1v) is 7.67. The van der Waals surface area contributed by atoms with Crippen molar-refractivity contribution in [3.63, 3.8) is 0 Å². The first-order valence-electron chi connectivity index (χ1n) is 6.09. The molecule has 0 aliphatic heterocycles. The van der Waals surface area contributed by atoms with E-state index in [1.165, 1.54) is 0 Å². The summed E-state index contributed by atoms with van der Waals surface area (Å²) in [5.41, 5.74) is 7.61. The van der Waals surface area contributed by atoms with Crippen LogP contribution in [0.25, 0.3) is 11.0 Å². The van der Waals surface area contributed by atoms with Crippen LogP contribution in [0.15, 0.2) is 55.8 Å². The van der Waals surface area contributed by atoms with Gasteiger partial charge < -0.3 is 15.5 Å². The summed E-state index contributed by atoms with van der Waals surface area (Å²) in [6.45, 7) is 0. The summed E-state index contributed by atoms with van der Waals surface area (Å²) in [5, 5.41) is 3.69. The summed E-state index contributed by atoms with van der Waals surface area (Å²) in [4.78, 5) is 12.3. The highest BCUT2D eigenvalue weighted by Crippen LogP contribution is 2.34. The Kier molecular flexibility index (Phi) is 3.73. The van der Waals surface area contributed by atoms with E-state index in [2.05, 4.69) is 37.2 Å². The van der Waals surface area contributed by atoms with Gasteiger partial charge in [0.05, 0.1) is 5.69 Å². The van der Waals surface area contributed by atoms with Crippen LogP contribution < -0.4 is 11.1 Å². The first-order chi connectivity index (χ1) is 10.0. The van der Waals surface area contributed by atoms with Crippen molar-refractivity contribution in [3.8, 4) is 0 Å². The van der Waals surface area contributed by atoms with Crippen molar-refractivity contribution in [2.75, 3.05) is 11.1 Å². The Hall–Kier alpha value is -1.79. The van der Waals surface area contributed by atoms with Crippen LogP contribution in [0.2, 0.25) is 0 Å². The van der Waals surface area contributed by atoms with Gasteiger partial charge in [0.15, 0.2) is 5.76 Å². The molecule has 0 saturated heterocycles. The maximum atomic E-state index is 12.3. The molecule has 0 bridgehead atoms. The largest absolute Gasteiger partial charge is 0.451 e. The molecule has 106 valence electrons. The molecule has 21 heavy (non-hydrogen) atoms. The second kappa shape index (κ2) is 5.54. The highest BCUT2D eigenvalue weighted by molar-refractivity contribution is 9.11. The van der Waals surface area contributed by atoms with Crippen molar-refractivity contribution < 1.29 is 9.21 Å². The SMILES string of the molecule is Nc1cc(Br)c(NC(=O)c2cc3ccccc3o2)c(Br)c1. The summed E-state index contributed by atoms with van der Waals surface area (Å²) in [6, 6.07) is 12.6. The lowest BCUT2D eigenvalue weighted by Gasteiger charge is -2.09. The Morgan fingerprint density at radius 1 is 1.10 bits per heavy atom. The zero-order chi connectivity index (χ0) is 15.0. The smallest absolute Gasteiger partial charge is 0.291 e. The molecule has 6 heteroatoms. The number of nitrogens with two attached hydrogens (primary N) is 1. The zero-order valence-corrected chi connectivity index (χ0v) is 13.9. The van der Waals surface area contributed by atoms with Crippen molar-refractivity contribution in [3.05, 3.63) is 57.2 Å². The monoisotopic (exact) mass is 408 g/mol. The van der Waals surface area contributed by atoms with E-state index in [0.717, 1.165) is 5.39 Å². The number of carbonyl (C=O) groups is 1. The van der Waals surface area contributed by atoms with E-state index in [-0.39, 0.29) is 11.7 Å². The Morgan fingerprint density at radius 3 is 2.43 bits per heavy atom. The Morgan fingerprint density at radius 2 is 1.76 bits per heavy atom. The molecule has 0 atom stereocenters. The molecule has 0 aliphatic carbocycles. The topological polar surface area (TPSA) is 68.3 Å². The second-order valence-corrected chi connectivity index (χ2v) is 6.17. The lowest BCUT2D eigenvalue weighted by Crippen LogP contribution is -2.12. The highest BCUT2D eigenvalue weighted by atomic mass is 79.9. The lowest BCUT2D eigenvalue weighted by molar-refractivity contribution is 0.0998. The fraction of sp³-hybridized carbons (Fsp3) is 0. The molecule has 1 aromatic heterocycles. The summed E-state index contributed by atoms with van der Waals surface area (Å²) in [6.07, 6.45) is 0. The third kappa shape index (κ3) is 2.82. The number of carbonyl (C=O) groups excluding carboxylic acids is 1. The quantitative estimate of drug-likeness (QED) is 0.597. The van der Waals surface area contributed by atoms with E-state index in [4.69, 9.17) is 10.2 Å². The van der Waals surface area contributed by atoms with Gasteiger partial charge in [-0.25, -0.2) is 0 Å². The van der Waals surface area contributed by atoms with Crippen LogP contribution in [0.4, 0.5) is 11.4 Å². The average Bonchev–Trinajstić information content (AvgIpc) is 2.86. The minimum absolute atomic E-state index is 0.256. The summed E-state index contributed by atoms with van der Waals surface area (Å²) < 4.78 is 6.92. The standard InChI is InChI=1S/C15H10Br2N2O2/c16-10-6-9(18)7-11(17)14(10)19-15(20)13-5-8-3-1-2-4-12(8)21-13/h1-7H,18H2,(H,19,20). The number of nitrogens with one attached hydrogen (secondary N) is 1. The van der Waals surface area contributed by atoms with Gasteiger partial charge in [-0.05, 0) is 56.1 Å². The lowest BCUT2D eigenvalue weighted by atomic mass is 10.2. The van der Waals surface area contributed by atoms with Gasteiger partial charge in [0, 0.05) is 20.0 Å². The maximum absolute atomic E-state index is 12.3. The normalized spacial score (nSPS) is 10.8. The van der Waals surface area contributed by atoms with Crippen LogP contribution in [-0.4, -0.2) is 5.91 Å².